The van der Waals surface area contributed by atoms with Gasteiger partial charge >= 0.3 is 0 Å². The number of H-pyrrole nitrogens is 2. The van der Waals surface area contributed by atoms with Gasteiger partial charge in [0.05, 0.1) is 5.92 Å². The van der Waals surface area contributed by atoms with Crippen molar-refractivity contribution in [2.45, 2.75) is 6.92 Å². The molecular weight excluding hydrogens is 148 g/mol. The van der Waals surface area contributed by atoms with E-state index < -0.39 is 0 Å². The average molecular weight is 159 g/mol. The fourth-order valence-corrected chi connectivity index (χ4v) is 1.27. The molecule has 2 rings (SSSR count). The number of hydrogen-bond acceptors (Lipinski definition) is 0. The summed E-state index contributed by atoms with van der Waals surface area (Å²) in [6.45, 7) is 2.09. The van der Waals surface area contributed by atoms with Crippen molar-refractivity contribution < 1.29 is 0 Å². The molecule has 0 saturated carbocycles. The lowest BCUT2D eigenvalue weighted by Gasteiger charge is -2.05. The van der Waals surface area contributed by atoms with E-state index in [0.717, 1.165) is 11.4 Å². The van der Waals surface area contributed by atoms with Gasteiger partial charge in [-0.1, -0.05) is 0 Å². The zero-order valence-corrected chi connectivity index (χ0v) is 6.96. The minimum absolute atomic E-state index is 1.16. The van der Waals surface area contributed by atoms with Crippen molar-refractivity contribution in [3.05, 3.63) is 54.0 Å². The summed E-state index contributed by atoms with van der Waals surface area (Å²) in [7, 11) is 0. The van der Waals surface area contributed by atoms with Crippen LogP contribution < -0.4 is 0 Å². The Morgan fingerprint density at radius 1 is 1.00 bits per heavy atom. The van der Waals surface area contributed by atoms with Crippen LogP contribution in [0.4, 0.5) is 0 Å². The summed E-state index contributed by atoms with van der Waals surface area (Å²) < 4.78 is 0. The molecule has 61 valence electrons. The largest absolute Gasteiger partial charge is 0.364 e. The second-order valence-corrected chi connectivity index (χ2v) is 2.79. The Bertz CT molecular complexity index is 284. The highest BCUT2D eigenvalue weighted by molar-refractivity contribution is 5.36. The maximum Gasteiger partial charge on any atom is 0.0638 e. The molecule has 2 N–H and O–H groups in total. The number of nitrogens with one attached hydrogen (secondary N) is 2. The summed E-state index contributed by atoms with van der Waals surface area (Å²) in [6, 6.07) is 8.13. The molecule has 2 aromatic heterocycles. The van der Waals surface area contributed by atoms with E-state index in [1.54, 1.807) is 0 Å². The third-order valence-electron chi connectivity index (χ3n) is 2.00. The van der Waals surface area contributed by atoms with Gasteiger partial charge in [-0.15, -0.1) is 0 Å². The Labute approximate surface area is 71.6 Å². The van der Waals surface area contributed by atoms with Gasteiger partial charge in [0, 0.05) is 23.8 Å². The quantitative estimate of drug-likeness (QED) is 0.674. The minimum atomic E-state index is 1.16. The van der Waals surface area contributed by atoms with Crippen LogP contribution in [-0.2, 0) is 0 Å². The molecule has 0 aliphatic heterocycles. The molecule has 0 amide bonds. The van der Waals surface area contributed by atoms with E-state index >= 15 is 0 Å². The van der Waals surface area contributed by atoms with E-state index in [2.05, 4.69) is 29.0 Å². The summed E-state index contributed by atoms with van der Waals surface area (Å²) in [5.41, 5.74) is 2.33. The van der Waals surface area contributed by atoms with Gasteiger partial charge in [0.25, 0.3) is 0 Å². The summed E-state index contributed by atoms with van der Waals surface area (Å²) >= 11 is 0. The molecule has 0 aliphatic carbocycles. The van der Waals surface area contributed by atoms with Gasteiger partial charge in [0.1, 0.15) is 0 Å². The smallest absolute Gasteiger partial charge is 0.0638 e. The van der Waals surface area contributed by atoms with Crippen molar-refractivity contribution in [2.75, 3.05) is 0 Å². The topological polar surface area (TPSA) is 31.6 Å². The monoisotopic (exact) mass is 159 g/mol. The zero-order chi connectivity index (χ0) is 8.39. The molecule has 12 heavy (non-hydrogen) atoms. The first-order valence-corrected chi connectivity index (χ1v) is 3.99. The summed E-state index contributed by atoms with van der Waals surface area (Å²) in [5, 5.41) is 0. The lowest BCUT2D eigenvalue weighted by Crippen LogP contribution is -1.96. The van der Waals surface area contributed by atoms with Crippen LogP contribution in [0.3, 0.4) is 0 Å². The highest BCUT2D eigenvalue weighted by Gasteiger charge is 2.09. The molecule has 0 fully saturated rings. The SMILES string of the molecule is C[C](c1ccc[nH]1)c1ccc[nH]1. The molecule has 2 heterocycles. The van der Waals surface area contributed by atoms with Crippen molar-refractivity contribution in [3.8, 4) is 0 Å². The van der Waals surface area contributed by atoms with E-state index in [0.29, 0.717) is 0 Å². The van der Waals surface area contributed by atoms with Crippen molar-refractivity contribution >= 4 is 0 Å². The van der Waals surface area contributed by atoms with Crippen LogP contribution in [0.2, 0.25) is 0 Å². The third kappa shape index (κ3) is 1.16. The molecular formula is C10H11N2. The van der Waals surface area contributed by atoms with Crippen LogP contribution in [0.25, 0.3) is 0 Å². The van der Waals surface area contributed by atoms with Crippen LogP contribution in [0.15, 0.2) is 36.7 Å². The van der Waals surface area contributed by atoms with Gasteiger partial charge in [-0.3, -0.25) is 0 Å². The normalized spacial score (nSPS) is 10.8. The van der Waals surface area contributed by atoms with Gasteiger partial charge < -0.3 is 9.97 Å². The van der Waals surface area contributed by atoms with Gasteiger partial charge in [0.15, 0.2) is 0 Å². The molecule has 2 heteroatoms. The average Bonchev–Trinajstić information content (AvgIpc) is 2.77. The fourth-order valence-electron chi connectivity index (χ4n) is 1.27. The molecule has 0 aliphatic rings. The molecule has 2 nitrogen and oxygen atoms in total. The molecule has 0 saturated heterocycles. The summed E-state index contributed by atoms with van der Waals surface area (Å²) in [5.74, 6) is 1.24. The lowest BCUT2D eigenvalue weighted by atomic mass is 10.1. The maximum absolute atomic E-state index is 3.17. The Kier molecular flexibility index (Phi) is 1.74. The molecule has 0 bridgehead atoms. The van der Waals surface area contributed by atoms with Gasteiger partial charge in [-0.2, -0.15) is 0 Å². The van der Waals surface area contributed by atoms with Crippen LogP contribution in [-0.4, -0.2) is 9.97 Å². The van der Waals surface area contributed by atoms with Crippen LogP contribution in [0.5, 0.6) is 0 Å². The standard InChI is InChI=1S/C10H11N2/c1-8(9-4-2-6-11-9)10-5-3-7-12-10/h2-7,11-12H,1H3. The van der Waals surface area contributed by atoms with Crippen molar-refractivity contribution in [1.82, 2.24) is 9.97 Å². The first kappa shape index (κ1) is 7.22. The summed E-state index contributed by atoms with van der Waals surface area (Å²) in [6.07, 6.45) is 3.86. The second-order valence-electron chi connectivity index (χ2n) is 2.79. The van der Waals surface area contributed by atoms with Crippen molar-refractivity contribution in [2.24, 2.45) is 0 Å². The van der Waals surface area contributed by atoms with Gasteiger partial charge in [-0.05, 0) is 31.2 Å². The molecule has 0 aromatic carbocycles. The van der Waals surface area contributed by atoms with Gasteiger partial charge in [0.2, 0.25) is 0 Å². The van der Waals surface area contributed by atoms with Crippen LogP contribution in [0, 0.1) is 5.92 Å². The highest BCUT2D eigenvalue weighted by Crippen LogP contribution is 2.18. The van der Waals surface area contributed by atoms with E-state index in [1.807, 2.05) is 24.5 Å². The van der Waals surface area contributed by atoms with E-state index in [9.17, 15) is 0 Å². The Balaban J connectivity index is 2.27. The predicted octanol–water partition coefficient (Wildman–Crippen LogP) is 2.33. The van der Waals surface area contributed by atoms with Crippen molar-refractivity contribution in [1.29, 1.82) is 0 Å². The number of aromatic nitrogens is 2. The number of hydrogen-bond donors (Lipinski definition) is 2. The lowest BCUT2D eigenvalue weighted by molar-refractivity contribution is 1.07. The fraction of sp³-hybridized carbons (Fsp3) is 0.100. The maximum atomic E-state index is 3.17. The summed E-state index contributed by atoms with van der Waals surface area (Å²) in [4.78, 5) is 6.34. The van der Waals surface area contributed by atoms with Gasteiger partial charge in [-0.25, -0.2) is 0 Å². The van der Waals surface area contributed by atoms with E-state index in [-0.39, 0.29) is 0 Å². The Hall–Kier alpha value is -1.44. The number of rotatable bonds is 2. The Morgan fingerprint density at radius 3 is 1.83 bits per heavy atom. The van der Waals surface area contributed by atoms with Crippen LogP contribution >= 0.6 is 0 Å². The first-order valence-electron chi connectivity index (χ1n) is 3.99. The third-order valence-corrected chi connectivity index (χ3v) is 2.00. The second kappa shape index (κ2) is 2.89. The molecule has 0 atom stereocenters. The molecule has 2 aromatic rings. The zero-order valence-electron chi connectivity index (χ0n) is 6.96. The van der Waals surface area contributed by atoms with Crippen LogP contribution in [0.1, 0.15) is 18.3 Å². The number of aromatic amines is 2. The highest BCUT2D eigenvalue weighted by atomic mass is 14.7. The Morgan fingerprint density at radius 2 is 1.50 bits per heavy atom. The first-order chi connectivity index (χ1) is 5.88. The van der Waals surface area contributed by atoms with E-state index in [4.69, 9.17) is 0 Å². The van der Waals surface area contributed by atoms with Crippen molar-refractivity contribution in [3.63, 3.8) is 0 Å². The molecule has 0 unspecified atom stereocenters. The predicted molar refractivity (Wildman–Crippen MR) is 48.7 cm³/mol. The molecule has 0 spiro atoms. The van der Waals surface area contributed by atoms with E-state index in [1.165, 1.54) is 5.92 Å². The molecule has 1 radical (unpaired) electrons. The minimum Gasteiger partial charge on any atom is -0.364 e.